The van der Waals surface area contributed by atoms with E-state index in [-0.39, 0.29) is 118 Å². The number of aromatic amines is 1. The van der Waals surface area contributed by atoms with Gasteiger partial charge in [0, 0.05) is 89.0 Å². The number of nitriles is 1. The summed E-state index contributed by atoms with van der Waals surface area (Å²) in [5.41, 5.74) is 0.193. The van der Waals surface area contributed by atoms with Crippen LogP contribution in [0.15, 0.2) is 27.9 Å². The number of carbonyl (C=O) groups is 4. The second-order valence-electron chi connectivity index (χ2n) is 18.0. The van der Waals surface area contributed by atoms with Gasteiger partial charge in [0.05, 0.1) is 43.0 Å². The van der Waals surface area contributed by atoms with Crippen molar-refractivity contribution in [3.8, 4) is 6.07 Å². The molecule has 66 heavy (non-hydrogen) atoms. The van der Waals surface area contributed by atoms with Crippen LogP contribution >= 0.6 is 8.53 Å². The summed E-state index contributed by atoms with van der Waals surface area (Å²) >= 11 is 0. The van der Waals surface area contributed by atoms with E-state index in [0.29, 0.717) is 25.7 Å². The SMILES string of the molecule is C=C1CC1CC1OC(c2cn(CCC(=O)NCCNC(=O)CCCCOC3OC(COC(C)=O)C(C)C(OC(C)=O)C3C)c(=O)[nH]c2=O)C(CC)C1OP(OCCC#N)N(C(C)C)C(C)C. The number of unbranched alkanes of at least 4 members (excludes halogenated alkanes) is 1. The fraction of sp³-hybridized carbons (Fsp3) is 0.761. The lowest BCUT2D eigenvalue weighted by molar-refractivity contribution is -0.271. The van der Waals surface area contributed by atoms with Gasteiger partial charge in [-0.05, 0) is 65.7 Å². The van der Waals surface area contributed by atoms with Crippen LogP contribution in [0.1, 0.15) is 125 Å². The van der Waals surface area contributed by atoms with Crippen molar-refractivity contribution in [3.63, 3.8) is 0 Å². The molecule has 1 aromatic heterocycles. The Hall–Kier alpha value is -4.02. The lowest BCUT2D eigenvalue weighted by Gasteiger charge is -2.43. The zero-order valence-electron chi connectivity index (χ0n) is 40.2. The van der Waals surface area contributed by atoms with Crippen LogP contribution in [0.2, 0.25) is 0 Å². The summed E-state index contributed by atoms with van der Waals surface area (Å²) in [5.74, 6) is -1.90. The normalized spacial score (nSPS) is 26.6. The molecular formula is C46H73N6O13P. The first-order valence-electron chi connectivity index (χ1n) is 23.4. The quantitative estimate of drug-likeness (QED) is 0.0459. The van der Waals surface area contributed by atoms with E-state index in [9.17, 15) is 34.0 Å². The van der Waals surface area contributed by atoms with Crippen molar-refractivity contribution in [1.29, 1.82) is 5.26 Å². The van der Waals surface area contributed by atoms with E-state index in [1.165, 1.54) is 24.6 Å². The predicted molar refractivity (Wildman–Crippen MR) is 244 cm³/mol. The maximum atomic E-state index is 13.5. The summed E-state index contributed by atoms with van der Waals surface area (Å²) in [7, 11) is -1.60. The number of nitrogens with zero attached hydrogens (tertiary/aromatic N) is 3. The van der Waals surface area contributed by atoms with Crippen LogP contribution in [-0.2, 0) is 58.5 Å². The van der Waals surface area contributed by atoms with Gasteiger partial charge in [-0.15, -0.1) is 0 Å². The number of hydrogen-bond acceptors (Lipinski definition) is 15. The zero-order valence-corrected chi connectivity index (χ0v) is 41.1. The van der Waals surface area contributed by atoms with Crippen LogP contribution in [0.3, 0.4) is 0 Å². The standard InChI is InChI=1S/C46H73N6O13P/c1-11-35-42(63-37(24-34-23-29(34)6)43(35)65-66(61-22-14-17-47)52(27(2)3)28(4)5)36-25-51(46(58)50-44(36)57)20-16-40(56)49-19-18-48-39(55)15-12-13-21-59-45-31(8)41(62-33(10)54)30(7)38(64-45)26-60-32(9)53/h25,27-28,30-31,34-35,37-38,41-43,45H,6,11-16,18-24,26H2,1-5,7-10H3,(H,48,55)(H,49,56)(H,50,57,58). The monoisotopic (exact) mass is 948 g/mol. The van der Waals surface area contributed by atoms with E-state index in [2.05, 4.69) is 60.6 Å². The lowest BCUT2D eigenvalue weighted by atomic mass is 9.85. The molecule has 1 aliphatic carbocycles. The molecular weight excluding hydrogens is 876 g/mol. The fourth-order valence-electron chi connectivity index (χ4n) is 8.63. The molecule has 3 N–H and O–H groups in total. The number of aryl methyl sites for hydroxylation is 1. The average Bonchev–Trinajstić information content (AvgIpc) is 3.84. The van der Waals surface area contributed by atoms with Gasteiger partial charge in [-0.1, -0.05) is 32.9 Å². The Morgan fingerprint density at radius 3 is 2.23 bits per heavy atom. The summed E-state index contributed by atoms with van der Waals surface area (Å²) in [6, 6.07) is 2.31. The number of allylic oxidation sites excluding steroid dienone is 1. The van der Waals surface area contributed by atoms with Crippen molar-refractivity contribution in [2.24, 2.45) is 23.7 Å². The van der Waals surface area contributed by atoms with Gasteiger partial charge in [-0.25, -0.2) is 9.46 Å². The molecule has 2 saturated heterocycles. The summed E-state index contributed by atoms with van der Waals surface area (Å²) in [6.07, 6.45) is 1.86. The van der Waals surface area contributed by atoms with Crippen molar-refractivity contribution >= 4 is 32.3 Å². The van der Waals surface area contributed by atoms with E-state index in [4.69, 9.17) is 32.7 Å². The molecule has 0 bridgehead atoms. The minimum absolute atomic E-state index is 0.00476. The number of rotatable bonds is 27. The molecule has 2 aliphatic heterocycles. The van der Waals surface area contributed by atoms with Crippen molar-refractivity contribution < 1.29 is 51.9 Å². The van der Waals surface area contributed by atoms with Gasteiger partial charge in [-0.2, -0.15) is 5.26 Å². The molecule has 0 aromatic carbocycles. The summed E-state index contributed by atoms with van der Waals surface area (Å²) in [5, 5.41) is 14.8. The van der Waals surface area contributed by atoms with Gasteiger partial charge in [0.2, 0.25) is 11.8 Å². The van der Waals surface area contributed by atoms with Crippen LogP contribution in [0.4, 0.5) is 0 Å². The zero-order chi connectivity index (χ0) is 48.7. The first kappa shape index (κ1) is 54.6. The Morgan fingerprint density at radius 2 is 1.64 bits per heavy atom. The first-order valence-corrected chi connectivity index (χ1v) is 24.5. The lowest BCUT2D eigenvalue weighted by Crippen LogP contribution is -2.53. The van der Waals surface area contributed by atoms with Crippen molar-refractivity contribution in [1.82, 2.24) is 24.9 Å². The smallest absolute Gasteiger partial charge is 0.328 e. The molecule has 0 radical (unpaired) electrons. The van der Waals surface area contributed by atoms with E-state index >= 15 is 0 Å². The number of hydrogen-bond donors (Lipinski definition) is 3. The molecule has 20 heteroatoms. The molecule has 3 fully saturated rings. The van der Waals surface area contributed by atoms with Crippen LogP contribution in [-0.4, -0.2) is 114 Å². The predicted octanol–water partition coefficient (Wildman–Crippen LogP) is 4.93. The van der Waals surface area contributed by atoms with E-state index in [1.54, 1.807) is 0 Å². The number of carbonyl (C=O) groups excluding carboxylic acids is 4. The van der Waals surface area contributed by atoms with Gasteiger partial charge < -0.3 is 43.4 Å². The Labute approximate surface area is 389 Å². The van der Waals surface area contributed by atoms with Crippen LogP contribution < -0.4 is 21.9 Å². The molecule has 2 amide bonds. The molecule has 11 unspecified atom stereocenters. The van der Waals surface area contributed by atoms with Crippen LogP contribution in [0.5, 0.6) is 0 Å². The summed E-state index contributed by atoms with van der Waals surface area (Å²) in [6.45, 7) is 21.7. The highest BCUT2D eigenvalue weighted by molar-refractivity contribution is 7.44. The highest BCUT2D eigenvalue weighted by Crippen LogP contribution is 2.54. The highest BCUT2D eigenvalue weighted by Gasteiger charge is 2.50. The Bertz CT molecular complexity index is 1950. The number of amides is 2. The van der Waals surface area contributed by atoms with E-state index in [1.807, 2.05) is 20.8 Å². The molecule has 3 aliphatic rings. The van der Waals surface area contributed by atoms with Gasteiger partial charge in [0.25, 0.3) is 14.1 Å². The highest BCUT2D eigenvalue weighted by atomic mass is 31.2. The minimum atomic E-state index is -1.60. The molecule has 370 valence electrons. The van der Waals surface area contributed by atoms with E-state index in [0.717, 1.165) is 12.0 Å². The molecule has 1 saturated carbocycles. The third-order valence-electron chi connectivity index (χ3n) is 12.2. The average molecular weight is 949 g/mol. The summed E-state index contributed by atoms with van der Waals surface area (Å²) < 4.78 is 46.1. The van der Waals surface area contributed by atoms with Crippen molar-refractivity contribution in [2.75, 3.05) is 32.9 Å². The maximum Gasteiger partial charge on any atom is 0.328 e. The number of ether oxygens (including phenoxy) is 5. The number of esters is 2. The molecule has 3 heterocycles. The Morgan fingerprint density at radius 1 is 0.970 bits per heavy atom. The molecule has 11 atom stereocenters. The number of aromatic nitrogens is 2. The van der Waals surface area contributed by atoms with Gasteiger partial charge >= 0.3 is 17.6 Å². The van der Waals surface area contributed by atoms with Crippen LogP contribution in [0.25, 0.3) is 0 Å². The third-order valence-corrected chi connectivity index (χ3v) is 14.3. The Kier molecular flexibility index (Phi) is 21.9. The number of nitrogens with one attached hydrogen (secondary N) is 3. The first-order chi connectivity index (χ1) is 31.4. The van der Waals surface area contributed by atoms with Crippen LogP contribution in [0, 0.1) is 35.0 Å². The fourth-order valence-corrected chi connectivity index (χ4v) is 10.4. The number of H-pyrrole nitrogens is 1. The molecule has 4 rings (SSSR count). The Balaban J connectivity index is 1.26. The summed E-state index contributed by atoms with van der Waals surface area (Å²) in [4.78, 5) is 77.5. The molecule has 1 aromatic rings. The van der Waals surface area contributed by atoms with Gasteiger partial charge in [-0.3, -0.25) is 33.5 Å². The topological polar surface area (TPSA) is 239 Å². The van der Waals surface area contributed by atoms with Crippen molar-refractivity contribution in [3.05, 3.63) is 44.8 Å². The molecule has 0 spiro atoms. The van der Waals surface area contributed by atoms with Gasteiger partial charge in [0.15, 0.2) is 6.29 Å². The second-order valence-corrected chi connectivity index (χ2v) is 19.4. The second kappa shape index (κ2) is 26.5. The van der Waals surface area contributed by atoms with Gasteiger partial charge in [0.1, 0.15) is 18.8 Å². The van der Waals surface area contributed by atoms with Crippen molar-refractivity contribution in [2.45, 2.75) is 169 Å². The largest absolute Gasteiger partial charge is 0.463 e. The minimum Gasteiger partial charge on any atom is -0.463 e. The molecule has 19 nitrogen and oxygen atoms in total. The third kappa shape index (κ3) is 16.1. The maximum absolute atomic E-state index is 13.5. The van der Waals surface area contributed by atoms with E-state index < -0.39 is 62.4 Å².